The number of benzene rings is 1. The van der Waals surface area contributed by atoms with Crippen LogP contribution in [0.25, 0.3) is 33.9 Å². The number of hydrogen-bond acceptors (Lipinski definition) is 10. The van der Waals surface area contributed by atoms with Crippen LogP contribution >= 0.6 is 0 Å². The summed E-state index contributed by atoms with van der Waals surface area (Å²) in [5.41, 5.74) is 6.24. The molecular weight excluding hydrogens is 733 g/mol. The first kappa shape index (κ1) is 40.2. The molecule has 56 heavy (non-hydrogen) atoms. The van der Waals surface area contributed by atoms with Crippen molar-refractivity contribution in [3.63, 3.8) is 0 Å². The van der Waals surface area contributed by atoms with Crippen molar-refractivity contribution in [1.82, 2.24) is 45.0 Å². The van der Waals surface area contributed by atoms with Crippen LogP contribution < -0.4 is 11.1 Å². The maximum atomic E-state index is 14.4. The average Bonchev–Trinajstić information content (AvgIpc) is 3.99. The van der Waals surface area contributed by atoms with Gasteiger partial charge >= 0.3 is 18.4 Å². The van der Waals surface area contributed by atoms with Crippen molar-refractivity contribution in [2.24, 2.45) is 17.6 Å². The second-order valence-electron chi connectivity index (χ2n) is 14.8. The van der Waals surface area contributed by atoms with Gasteiger partial charge in [-0.2, -0.15) is 13.2 Å². The van der Waals surface area contributed by atoms with E-state index in [1.54, 1.807) is 56.7 Å². The number of likely N-dealkylation sites (tertiary alicyclic amines) is 2. The molecule has 18 heteroatoms. The van der Waals surface area contributed by atoms with Crippen LogP contribution in [0.3, 0.4) is 0 Å². The highest BCUT2D eigenvalue weighted by Gasteiger charge is 2.42. The molecule has 1 aromatic carbocycles. The van der Waals surface area contributed by atoms with Crippen molar-refractivity contribution in [3.05, 3.63) is 60.2 Å². The second-order valence-corrected chi connectivity index (χ2v) is 14.8. The normalized spacial score (nSPS) is 18.7. The smallest absolute Gasteiger partial charge is 0.435 e. The van der Waals surface area contributed by atoms with Crippen LogP contribution in [0.15, 0.2) is 42.9 Å². The van der Waals surface area contributed by atoms with Gasteiger partial charge in [0.25, 0.3) is 0 Å². The number of hydrogen-bond donors (Lipinski definition) is 4. The molecule has 2 saturated heterocycles. The number of ether oxygens (including phenoxy) is 2. The highest BCUT2D eigenvalue weighted by Crippen LogP contribution is 2.40. The Morgan fingerprint density at radius 1 is 0.893 bits per heavy atom. The summed E-state index contributed by atoms with van der Waals surface area (Å²) >= 11 is 0. The third kappa shape index (κ3) is 8.79. The van der Waals surface area contributed by atoms with Crippen LogP contribution in [0, 0.1) is 11.8 Å². The van der Waals surface area contributed by atoms with Gasteiger partial charge in [-0.1, -0.05) is 52.0 Å². The molecule has 0 unspecified atom stereocenters. The van der Waals surface area contributed by atoms with Gasteiger partial charge in [-0.15, -0.1) is 0 Å². The number of primary amides is 1. The predicted octanol–water partition coefficient (Wildman–Crippen LogP) is 6.24. The Morgan fingerprint density at radius 3 is 2.18 bits per heavy atom. The van der Waals surface area contributed by atoms with E-state index in [-0.39, 0.29) is 41.1 Å². The largest absolute Gasteiger partial charge is 0.453 e. The van der Waals surface area contributed by atoms with E-state index in [9.17, 15) is 27.6 Å². The molecule has 2 aliphatic heterocycles. The van der Waals surface area contributed by atoms with Crippen molar-refractivity contribution in [1.29, 1.82) is 0 Å². The molecule has 0 spiro atoms. The first-order valence-electron chi connectivity index (χ1n) is 18.6. The van der Waals surface area contributed by atoms with E-state index in [1.807, 2.05) is 13.8 Å². The lowest BCUT2D eigenvalue weighted by atomic mass is 10.0. The summed E-state index contributed by atoms with van der Waals surface area (Å²) in [6, 6.07) is 4.69. The van der Waals surface area contributed by atoms with Gasteiger partial charge in [0.05, 0.1) is 36.8 Å². The van der Waals surface area contributed by atoms with E-state index in [1.165, 1.54) is 12.0 Å². The summed E-state index contributed by atoms with van der Waals surface area (Å²) in [7, 11) is 1.19. The Balaban J connectivity index is 1.17. The SMILES string of the molecule is COC(=O)N[C@H](C(=O)N1CCC[C@H]1c1nc(C(F)(F)F)c(-c2ccc(-c3ncc(-c4cnc([C@@H]5CCCN5C[C@@H](OC(N)=O)C(C)C)[nH]4)cn3)cc2)[nH]1)C(C)C. The maximum Gasteiger partial charge on any atom is 0.435 e. The molecule has 2 fully saturated rings. The molecule has 6 rings (SSSR count). The Kier molecular flexibility index (Phi) is 12.0. The molecule has 4 aromatic rings. The van der Waals surface area contributed by atoms with Gasteiger partial charge in [0.1, 0.15) is 23.8 Å². The molecule has 0 bridgehead atoms. The fourth-order valence-corrected chi connectivity index (χ4v) is 7.33. The molecule has 5 heterocycles. The number of aromatic nitrogens is 6. The van der Waals surface area contributed by atoms with Gasteiger partial charge in [0.2, 0.25) is 5.91 Å². The minimum absolute atomic E-state index is 0.0103. The molecule has 3 amide bonds. The molecular formula is C38H47F3N10O5. The molecule has 4 atom stereocenters. The number of imidazole rings is 2. The first-order chi connectivity index (χ1) is 26.6. The Hall–Kier alpha value is -5.52. The highest BCUT2D eigenvalue weighted by molar-refractivity contribution is 5.86. The second kappa shape index (κ2) is 16.7. The maximum absolute atomic E-state index is 14.4. The zero-order chi connectivity index (χ0) is 40.3. The molecule has 3 aromatic heterocycles. The summed E-state index contributed by atoms with van der Waals surface area (Å²) in [6.45, 7) is 9.15. The summed E-state index contributed by atoms with van der Waals surface area (Å²) in [5, 5.41) is 2.54. The van der Waals surface area contributed by atoms with Gasteiger partial charge in [-0.05, 0) is 44.1 Å². The molecule has 300 valence electrons. The van der Waals surface area contributed by atoms with Crippen molar-refractivity contribution in [3.8, 4) is 33.9 Å². The standard InChI is InChI=1S/C38H47F3N10O5/c1-20(2)28(56-36(42)53)19-50-14-6-8-26(50)33-45-18-25(46-33)24-16-43-32(44-17-24)23-12-10-22(11-13-23)30-31(38(39,40)41)49-34(47-30)27-9-7-15-51(27)35(52)29(21(3)4)48-37(54)55-5/h10-13,16-18,20-21,26-29H,6-9,14-15,19H2,1-5H3,(H2,42,53)(H,45,46)(H,47,49)(H,48,54)/t26-,27-,28+,29-/m0/s1. The monoisotopic (exact) mass is 780 g/mol. The minimum Gasteiger partial charge on any atom is -0.453 e. The average molecular weight is 781 g/mol. The lowest BCUT2D eigenvalue weighted by Crippen LogP contribution is -2.51. The van der Waals surface area contributed by atoms with Gasteiger partial charge in [0, 0.05) is 42.2 Å². The number of nitrogens with zero attached hydrogens (tertiary/aromatic N) is 6. The van der Waals surface area contributed by atoms with Crippen LogP contribution in [-0.4, -0.2) is 96.7 Å². The van der Waals surface area contributed by atoms with Crippen LogP contribution in [0.2, 0.25) is 0 Å². The molecule has 0 saturated carbocycles. The van der Waals surface area contributed by atoms with E-state index in [2.05, 4.69) is 44.9 Å². The fraction of sp³-hybridized carbons (Fsp3) is 0.500. The van der Waals surface area contributed by atoms with E-state index in [0.717, 1.165) is 30.9 Å². The number of carbonyl (C=O) groups is 3. The Bertz CT molecular complexity index is 2000. The van der Waals surface area contributed by atoms with Crippen molar-refractivity contribution in [2.75, 3.05) is 26.7 Å². The number of rotatable bonds is 12. The Labute approximate surface area is 322 Å². The number of alkyl carbamates (subject to hydrolysis) is 1. The first-order valence-corrected chi connectivity index (χ1v) is 18.6. The number of carbonyl (C=O) groups excluding carboxylic acids is 3. The third-order valence-corrected chi connectivity index (χ3v) is 10.3. The van der Waals surface area contributed by atoms with Crippen LogP contribution in [0.1, 0.15) is 82.8 Å². The number of nitrogens with one attached hydrogen (secondary N) is 3. The van der Waals surface area contributed by atoms with Crippen LogP contribution in [0.4, 0.5) is 22.8 Å². The van der Waals surface area contributed by atoms with Gasteiger partial charge < -0.3 is 35.4 Å². The lowest BCUT2D eigenvalue weighted by Gasteiger charge is -2.30. The van der Waals surface area contributed by atoms with Gasteiger partial charge in [-0.3, -0.25) is 9.69 Å². The number of nitrogens with two attached hydrogens (primary N) is 1. The summed E-state index contributed by atoms with van der Waals surface area (Å²) in [4.78, 5) is 64.6. The van der Waals surface area contributed by atoms with Crippen LogP contribution in [-0.2, 0) is 20.4 Å². The van der Waals surface area contributed by atoms with Crippen molar-refractivity contribution < 1.29 is 37.0 Å². The van der Waals surface area contributed by atoms with Crippen molar-refractivity contribution >= 4 is 18.1 Å². The van der Waals surface area contributed by atoms with Crippen LogP contribution in [0.5, 0.6) is 0 Å². The summed E-state index contributed by atoms with van der Waals surface area (Å²) in [5.74, 6) is 0.535. The van der Waals surface area contributed by atoms with E-state index in [4.69, 9.17) is 10.5 Å². The van der Waals surface area contributed by atoms with E-state index in [0.29, 0.717) is 42.9 Å². The minimum atomic E-state index is -4.78. The molecule has 5 N–H and O–H groups in total. The molecule has 0 radical (unpaired) electrons. The zero-order valence-electron chi connectivity index (χ0n) is 31.9. The van der Waals surface area contributed by atoms with Gasteiger partial charge in [0.15, 0.2) is 11.5 Å². The third-order valence-electron chi connectivity index (χ3n) is 10.3. The molecule has 0 aliphatic carbocycles. The number of amides is 3. The lowest BCUT2D eigenvalue weighted by molar-refractivity contribution is -0.140. The van der Waals surface area contributed by atoms with E-state index >= 15 is 0 Å². The molecule has 15 nitrogen and oxygen atoms in total. The van der Waals surface area contributed by atoms with Gasteiger partial charge in [-0.25, -0.2) is 29.5 Å². The van der Waals surface area contributed by atoms with E-state index < -0.39 is 42.0 Å². The highest BCUT2D eigenvalue weighted by atomic mass is 19.4. The summed E-state index contributed by atoms with van der Waals surface area (Å²) in [6.07, 6.45) is 1.14. The number of H-pyrrole nitrogens is 2. The Morgan fingerprint density at radius 2 is 1.55 bits per heavy atom. The number of halogens is 3. The fourth-order valence-electron chi connectivity index (χ4n) is 7.33. The zero-order valence-corrected chi connectivity index (χ0v) is 31.9. The quantitative estimate of drug-likeness (QED) is 0.128. The molecule has 2 aliphatic rings. The predicted molar refractivity (Wildman–Crippen MR) is 198 cm³/mol. The topological polar surface area (TPSA) is 197 Å². The number of alkyl halides is 3. The number of aromatic amines is 2. The van der Waals surface area contributed by atoms with Crippen molar-refractivity contribution in [2.45, 2.75) is 83.8 Å². The number of methoxy groups -OCH3 is 1. The summed E-state index contributed by atoms with van der Waals surface area (Å²) < 4.78 is 53.2.